The molecule has 0 saturated heterocycles. The van der Waals surface area contributed by atoms with E-state index in [0.717, 1.165) is 18.8 Å². The van der Waals surface area contributed by atoms with Gasteiger partial charge in [-0.15, -0.1) is 0 Å². The van der Waals surface area contributed by atoms with Crippen molar-refractivity contribution >= 4 is 10.8 Å². The molecule has 0 amide bonds. The highest BCUT2D eigenvalue weighted by atomic mass is 16.5. The first-order valence-electron chi connectivity index (χ1n) is 9.37. The molecule has 126 valence electrons. The van der Waals surface area contributed by atoms with Gasteiger partial charge < -0.3 is 4.74 Å². The Morgan fingerprint density at radius 2 is 1.48 bits per heavy atom. The minimum absolute atomic E-state index is 0.826. The van der Waals surface area contributed by atoms with Crippen molar-refractivity contribution in [1.82, 2.24) is 4.98 Å². The molecule has 2 heteroatoms. The number of unbranched alkanes of at least 4 members (excludes halogenated alkanes) is 9. The van der Waals surface area contributed by atoms with Gasteiger partial charge in [-0.2, -0.15) is 0 Å². The number of hydrogen-bond acceptors (Lipinski definition) is 2. The van der Waals surface area contributed by atoms with E-state index < -0.39 is 0 Å². The van der Waals surface area contributed by atoms with Crippen LogP contribution in [0.5, 0.6) is 5.75 Å². The van der Waals surface area contributed by atoms with E-state index >= 15 is 0 Å². The summed E-state index contributed by atoms with van der Waals surface area (Å²) in [7, 11) is 0. The van der Waals surface area contributed by atoms with Gasteiger partial charge in [0.25, 0.3) is 0 Å². The largest absolute Gasteiger partial charge is 0.494 e. The Hall–Kier alpha value is -1.57. The molecule has 2 nitrogen and oxygen atoms in total. The Balaban J connectivity index is 1.50. The SMILES string of the molecule is CCCCCCCCCCCCOc1ccc2cnccc2c1. The molecule has 0 unspecified atom stereocenters. The highest BCUT2D eigenvalue weighted by molar-refractivity contribution is 5.82. The minimum atomic E-state index is 0.826. The van der Waals surface area contributed by atoms with E-state index in [1.807, 2.05) is 24.5 Å². The van der Waals surface area contributed by atoms with Gasteiger partial charge in [0.15, 0.2) is 0 Å². The molecule has 0 atom stereocenters. The smallest absolute Gasteiger partial charge is 0.119 e. The third-order valence-electron chi connectivity index (χ3n) is 4.38. The first kappa shape index (κ1) is 17.8. The second-order valence-corrected chi connectivity index (χ2v) is 6.42. The molecular formula is C21H31NO. The molecular weight excluding hydrogens is 282 g/mol. The molecule has 0 aliphatic rings. The van der Waals surface area contributed by atoms with E-state index in [2.05, 4.69) is 24.0 Å². The maximum absolute atomic E-state index is 5.87. The van der Waals surface area contributed by atoms with Crippen LogP contribution >= 0.6 is 0 Å². The highest BCUT2D eigenvalue weighted by Gasteiger charge is 1.98. The number of ether oxygens (including phenoxy) is 1. The maximum Gasteiger partial charge on any atom is 0.119 e. The third-order valence-corrected chi connectivity index (χ3v) is 4.38. The zero-order valence-corrected chi connectivity index (χ0v) is 14.6. The van der Waals surface area contributed by atoms with Crippen molar-refractivity contribution < 1.29 is 4.74 Å². The summed E-state index contributed by atoms with van der Waals surface area (Å²) in [6, 6.07) is 8.26. The monoisotopic (exact) mass is 313 g/mol. The number of aromatic nitrogens is 1. The lowest BCUT2D eigenvalue weighted by Crippen LogP contribution is -1.97. The zero-order valence-electron chi connectivity index (χ0n) is 14.6. The van der Waals surface area contributed by atoms with Crippen LogP contribution < -0.4 is 4.74 Å². The summed E-state index contributed by atoms with van der Waals surface area (Å²) < 4.78 is 5.87. The molecule has 0 aliphatic heterocycles. The molecule has 0 N–H and O–H groups in total. The number of nitrogens with zero attached hydrogens (tertiary/aromatic N) is 1. The fraction of sp³-hybridized carbons (Fsp3) is 0.571. The summed E-state index contributed by atoms with van der Waals surface area (Å²) in [4.78, 5) is 4.13. The quantitative estimate of drug-likeness (QED) is 0.415. The third kappa shape index (κ3) is 7.02. The minimum Gasteiger partial charge on any atom is -0.494 e. The van der Waals surface area contributed by atoms with Gasteiger partial charge in [0.2, 0.25) is 0 Å². The standard InChI is InChI=1S/C21H31NO/c1-2-3-4-5-6-7-8-9-10-11-16-23-21-13-12-20-18-22-15-14-19(20)17-21/h12-15,17-18H,2-11,16H2,1H3. The molecule has 0 bridgehead atoms. The van der Waals surface area contributed by atoms with E-state index in [4.69, 9.17) is 4.74 Å². The number of hydrogen-bond donors (Lipinski definition) is 0. The van der Waals surface area contributed by atoms with Crippen LogP contribution in [0.15, 0.2) is 36.7 Å². The second kappa shape index (κ2) is 11.0. The van der Waals surface area contributed by atoms with E-state index in [9.17, 15) is 0 Å². The van der Waals surface area contributed by atoms with Crippen molar-refractivity contribution in [2.45, 2.75) is 71.1 Å². The topological polar surface area (TPSA) is 22.1 Å². The molecule has 2 aromatic rings. The molecule has 2 rings (SSSR count). The summed E-state index contributed by atoms with van der Waals surface area (Å²) in [6.07, 6.45) is 17.3. The highest BCUT2D eigenvalue weighted by Crippen LogP contribution is 2.20. The Bertz CT molecular complexity index is 552. The summed E-state index contributed by atoms with van der Waals surface area (Å²) in [6.45, 7) is 3.10. The molecule has 0 saturated carbocycles. The molecule has 0 aliphatic carbocycles. The van der Waals surface area contributed by atoms with Crippen LogP contribution in [0.1, 0.15) is 71.1 Å². The fourth-order valence-electron chi connectivity index (χ4n) is 2.93. The van der Waals surface area contributed by atoms with Crippen molar-refractivity contribution in [2.75, 3.05) is 6.61 Å². The maximum atomic E-state index is 5.87. The first-order chi connectivity index (χ1) is 11.4. The van der Waals surface area contributed by atoms with Crippen molar-refractivity contribution in [1.29, 1.82) is 0 Å². The molecule has 0 spiro atoms. The number of pyridine rings is 1. The number of fused-ring (bicyclic) bond motifs is 1. The van der Waals surface area contributed by atoms with Crippen molar-refractivity contribution in [3.05, 3.63) is 36.7 Å². The van der Waals surface area contributed by atoms with Gasteiger partial charge >= 0.3 is 0 Å². The van der Waals surface area contributed by atoms with Crippen LogP contribution in [0.4, 0.5) is 0 Å². The van der Waals surface area contributed by atoms with Gasteiger partial charge in [0, 0.05) is 17.8 Å². The Morgan fingerprint density at radius 3 is 2.22 bits per heavy atom. The van der Waals surface area contributed by atoms with Gasteiger partial charge in [0.1, 0.15) is 5.75 Å². The summed E-state index contributed by atoms with van der Waals surface area (Å²) in [5, 5.41) is 2.36. The van der Waals surface area contributed by atoms with Crippen LogP contribution in [0.25, 0.3) is 10.8 Å². The van der Waals surface area contributed by atoms with E-state index in [1.165, 1.54) is 68.6 Å². The lowest BCUT2D eigenvalue weighted by Gasteiger charge is -2.07. The van der Waals surface area contributed by atoms with E-state index in [-0.39, 0.29) is 0 Å². The fourth-order valence-corrected chi connectivity index (χ4v) is 2.93. The summed E-state index contributed by atoms with van der Waals surface area (Å²) in [5.41, 5.74) is 0. The molecule has 1 heterocycles. The van der Waals surface area contributed by atoms with E-state index in [0.29, 0.717) is 0 Å². The summed E-state index contributed by atoms with van der Waals surface area (Å²) in [5.74, 6) is 0.972. The van der Waals surface area contributed by atoms with Gasteiger partial charge in [-0.1, -0.05) is 64.7 Å². The Kier molecular flexibility index (Phi) is 8.53. The first-order valence-corrected chi connectivity index (χ1v) is 9.37. The van der Waals surface area contributed by atoms with Gasteiger partial charge in [-0.05, 0) is 36.1 Å². The van der Waals surface area contributed by atoms with Crippen LogP contribution in [0.2, 0.25) is 0 Å². The lowest BCUT2D eigenvalue weighted by atomic mass is 10.1. The van der Waals surface area contributed by atoms with Crippen molar-refractivity contribution in [2.24, 2.45) is 0 Å². The molecule has 0 fully saturated rings. The molecule has 1 aromatic heterocycles. The van der Waals surface area contributed by atoms with Gasteiger partial charge in [-0.3, -0.25) is 4.98 Å². The predicted octanol–water partition coefficient (Wildman–Crippen LogP) is 6.53. The zero-order chi connectivity index (χ0) is 16.2. The molecule has 1 aromatic carbocycles. The average molecular weight is 313 g/mol. The molecule has 0 radical (unpaired) electrons. The van der Waals surface area contributed by atoms with Crippen LogP contribution in [-0.2, 0) is 0 Å². The average Bonchev–Trinajstić information content (AvgIpc) is 2.59. The predicted molar refractivity (Wildman–Crippen MR) is 99.1 cm³/mol. The van der Waals surface area contributed by atoms with Crippen LogP contribution in [0, 0.1) is 0 Å². The Morgan fingerprint density at radius 1 is 0.783 bits per heavy atom. The van der Waals surface area contributed by atoms with Crippen molar-refractivity contribution in [3.63, 3.8) is 0 Å². The van der Waals surface area contributed by atoms with Gasteiger partial charge in [0.05, 0.1) is 6.61 Å². The number of benzene rings is 1. The number of rotatable bonds is 12. The van der Waals surface area contributed by atoms with Crippen LogP contribution in [-0.4, -0.2) is 11.6 Å². The van der Waals surface area contributed by atoms with Gasteiger partial charge in [-0.25, -0.2) is 0 Å². The van der Waals surface area contributed by atoms with Crippen LogP contribution in [0.3, 0.4) is 0 Å². The second-order valence-electron chi connectivity index (χ2n) is 6.42. The Labute approximate surface area is 141 Å². The lowest BCUT2D eigenvalue weighted by molar-refractivity contribution is 0.304. The normalized spacial score (nSPS) is 11.0. The van der Waals surface area contributed by atoms with E-state index in [1.54, 1.807) is 0 Å². The molecule has 23 heavy (non-hydrogen) atoms. The summed E-state index contributed by atoms with van der Waals surface area (Å²) >= 11 is 0. The van der Waals surface area contributed by atoms with Crippen molar-refractivity contribution in [3.8, 4) is 5.75 Å².